The van der Waals surface area contributed by atoms with Crippen molar-refractivity contribution in [1.82, 2.24) is 24.1 Å². The van der Waals surface area contributed by atoms with E-state index in [0.717, 1.165) is 72.1 Å². The summed E-state index contributed by atoms with van der Waals surface area (Å²) in [5.41, 5.74) is 10.7. The van der Waals surface area contributed by atoms with Gasteiger partial charge in [0.15, 0.2) is 17.5 Å². The first-order valence-electron chi connectivity index (χ1n) is 23.6. The van der Waals surface area contributed by atoms with Crippen LogP contribution in [0.3, 0.4) is 0 Å². The fraction of sp³-hybridized carbons (Fsp3) is 0.0635. The average Bonchev–Trinajstić information content (AvgIpc) is 3.91. The Labute approximate surface area is 399 Å². The lowest BCUT2D eigenvalue weighted by Gasteiger charge is -2.27. The Morgan fingerprint density at radius 1 is 0.522 bits per heavy atom. The maximum atomic E-state index is 12.2. The fourth-order valence-corrected chi connectivity index (χ4v) is 10.9. The van der Waals surface area contributed by atoms with Crippen molar-refractivity contribution in [2.45, 2.75) is 19.3 Å². The van der Waals surface area contributed by atoms with Crippen LogP contribution >= 0.6 is 0 Å². The first-order valence-corrected chi connectivity index (χ1v) is 23.6. The van der Waals surface area contributed by atoms with Crippen molar-refractivity contribution in [3.05, 3.63) is 230 Å². The van der Waals surface area contributed by atoms with Gasteiger partial charge in [0, 0.05) is 55.2 Å². The highest BCUT2D eigenvalue weighted by Gasteiger charge is 2.29. The Kier molecular flexibility index (Phi) is 9.47. The lowest BCUT2D eigenvalue weighted by molar-refractivity contribution is 0.448. The maximum absolute atomic E-state index is 12.2. The number of aromatic nitrogens is 5. The predicted molar refractivity (Wildman–Crippen MR) is 286 cm³/mol. The Balaban J connectivity index is 1.01. The Morgan fingerprint density at radius 3 is 1.97 bits per heavy atom. The predicted octanol–water partition coefficient (Wildman–Crippen LogP) is 15.9. The van der Waals surface area contributed by atoms with Crippen LogP contribution in [0.4, 0.5) is 0 Å². The molecule has 0 fully saturated rings. The van der Waals surface area contributed by atoms with Crippen molar-refractivity contribution in [2.24, 2.45) is 5.92 Å². The van der Waals surface area contributed by atoms with E-state index < -0.39 is 0 Å². The average molecular weight is 888 g/mol. The number of aromatic hydroxyl groups is 1. The normalized spacial score (nSPS) is 15.8. The lowest BCUT2D eigenvalue weighted by atomic mass is 9.79. The number of benzene rings is 9. The third-order valence-electron chi connectivity index (χ3n) is 14.2. The summed E-state index contributed by atoms with van der Waals surface area (Å²) in [6.07, 6.45) is 7.34. The van der Waals surface area contributed by atoms with Gasteiger partial charge in [0.2, 0.25) is 0 Å². The van der Waals surface area contributed by atoms with Gasteiger partial charge in [-0.1, -0.05) is 177 Å². The van der Waals surface area contributed by atoms with E-state index in [1.54, 1.807) is 6.07 Å². The van der Waals surface area contributed by atoms with Crippen LogP contribution in [0.5, 0.6) is 5.75 Å². The molecular formula is C63H45N5O. The summed E-state index contributed by atoms with van der Waals surface area (Å²) in [5.74, 6) is 1.67. The molecule has 12 aromatic rings. The van der Waals surface area contributed by atoms with Crippen molar-refractivity contribution in [1.29, 1.82) is 0 Å². The molecule has 0 amide bonds. The van der Waals surface area contributed by atoms with Crippen LogP contribution in [0.15, 0.2) is 225 Å². The zero-order valence-corrected chi connectivity index (χ0v) is 38.0. The summed E-state index contributed by atoms with van der Waals surface area (Å²) in [4.78, 5) is 15.9. The van der Waals surface area contributed by atoms with Crippen molar-refractivity contribution in [2.75, 3.05) is 0 Å². The lowest BCUT2D eigenvalue weighted by Crippen LogP contribution is -2.13. The molecule has 0 aliphatic heterocycles. The van der Waals surface area contributed by atoms with E-state index in [4.69, 9.17) is 21.5 Å². The zero-order valence-electron chi connectivity index (χ0n) is 38.0. The van der Waals surface area contributed by atoms with Crippen LogP contribution in [0.25, 0.3) is 111 Å². The van der Waals surface area contributed by atoms with E-state index in [-0.39, 0.29) is 17.6 Å². The van der Waals surface area contributed by atoms with Crippen LogP contribution in [0.1, 0.15) is 24.8 Å². The number of fused-ring (bicyclic) bond motifs is 9. The largest absolute Gasteiger partial charge is 0.508 e. The summed E-state index contributed by atoms with van der Waals surface area (Å²) >= 11 is 0. The first kappa shape index (κ1) is 40.4. The van der Waals surface area contributed by atoms with Crippen molar-refractivity contribution in [3.8, 4) is 45.6 Å². The van der Waals surface area contributed by atoms with E-state index in [9.17, 15) is 5.11 Å². The van der Waals surface area contributed by atoms with Gasteiger partial charge < -0.3 is 14.2 Å². The molecule has 69 heavy (non-hydrogen) atoms. The molecule has 6 heteroatoms. The first-order chi connectivity index (χ1) is 34.0. The molecule has 3 heterocycles. The molecule has 1 aliphatic carbocycles. The van der Waals surface area contributed by atoms with E-state index >= 15 is 0 Å². The molecule has 0 radical (unpaired) electrons. The highest BCUT2D eigenvalue weighted by Crippen LogP contribution is 2.46. The number of para-hydroxylation sites is 3. The van der Waals surface area contributed by atoms with E-state index in [2.05, 4.69) is 174 Å². The third-order valence-corrected chi connectivity index (χ3v) is 14.2. The molecule has 328 valence electrons. The molecule has 3 aromatic heterocycles. The van der Waals surface area contributed by atoms with Gasteiger partial charge in [0.25, 0.3) is 0 Å². The minimum atomic E-state index is -0.153. The number of allylic oxidation sites excluding steroid dienone is 5. The highest BCUT2D eigenvalue weighted by atomic mass is 16.3. The van der Waals surface area contributed by atoms with Crippen molar-refractivity contribution >= 4 is 70.9 Å². The molecule has 1 N–H and O–H groups in total. The van der Waals surface area contributed by atoms with E-state index in [1.165, 1.54) is 32.3 Å². The van der Waals surface area contributed by atoms with Crippen LogP contribution in [-0.4, -0.2) is 29.2 Å². The zero-order chi connectivity index (χ0) is 46.2. The number of rotatable bonds is 6. The molecule has 13 rings (SSSR count). The highest BCUT2D eigenvalue weighted by molar-refractivity contribution is 6.24. The summed E-state index contributed by atoms with van der Waals surface area (Å²) in [7, 11) is 0. The number of hydrogen-bond acceptors (Lipinski definition) is 4. The van der Waals surface area contributed by atoms with Crippen molar-refractivity contribution in [3.63, 3.8) is 0 Å². The fourth-order valence-electron chi connectivity index (χ4n) is 10.9. The molecule has 0 bridgehead atoms. The van der Waals surface area contributed by atoms with Gasteiger partial charge in [-0.2, -0.15) is 0 Å². The summed E-state index contributed by atoms with van der Waals surface area (Å²) in [6, 6.07) is 67.6. The minimum absolute atomic E-state index is 0.0165. The standard InChI is InChI=1S/C63H45N5O/c1-39-31-32-40(2)53(68-55-35-33-41-17-11-12-24-47(41)58(55)52-37-43-20-9-10-21-44(43)38-56(52)68)36-34-46(39)59-50(27-16-30-57(59)69)62-64-61(42-18-5-3-6-19-42)65-63(66-62)51-28-15-26-49-48-25-13-14-29-54(48)67(60(49)51)45-22-7-4-8-23-45/h3-33,35-39,46,69H,2,34H2,1H3/b32-31-,53-36?. The molecule has 6 nitrogen and oxygen atoms in total. The third kappa shape index (κ3) is 6.59. The topological polar surface area (TPSA) is 68.8 Å². The Bertz CT molecular complexity index is 4100. The summed E-state index contributed by atoms with van der Waals surface area (Å²) < 4.78 is 4.71. The van der Waals surface area contributed by atoms with Gasteiger partial charge in [-0.25, -0.2) is 15.0 Å². The van der Waals surface area contributed by atoms with Gasteiger partial charge in [-0.05, 0) is 93.9 Å². The van der Waals surface area contributed by atoms with E-state index in [1.807, 2.05) is 48.5 Å². The van der Waals surface area contributed by atoms with Gasteiger partial charge in [-0.15, -0.1) is 0 Å². The monoisotopic (exact) mass is 887 g/mol. The Hall–Kier alpha value is -8.87. The molecule has 1 aliphatic rings. The Morgan fingerprint density at radius 2 is 1.16 bits per heavy atom. The second kappa shape index (κ2) is 16.2. The second-order valence-electron chi connectivity index (χ2n) is 18.2. The van der Waals surface area contributed by atoms with Crippen LogP contribution in [-0.2, 0) is 0 Å². The molecular weight excluding hydrogens is 843 g/mol. The summed E-state index contributed by atoms with van der Waals surface area (Å²) in [5, 5.41) is 21.7. The molecule has 0 saturated heterocycles. The van der Waals surface area contributed by atoms with Gasteiger partial charge in [-0.3, -0.25) is 0 Å². The number of hydrogen-bond donors (Lipinski definition) is 1. The van der Waals surface area contributed by atoms with Crippen LogP contribution in [0.2, 0.25) is 0 Å². The number of phenolic OH excluding ortho intramolecular Hbond substituents is 1. The number of nitrogens with zero attached hydrogens (tertiary/aromatic N) is 5. The summed E-state index contributed by atoms with van der Waals surface area (Å²) in [6.45, 7) is 6.91. The second-order valence-corrected chi connectivity index (χ2v) is 18.2. The van der Waals surface area contributed by atoms with Crippen molar-refractivity contribution < 1.29 is 5.11 Å². The maximum Gasteiger partial charge on any atom is 0.166 e. The quantitative estimate of drug-likeness (QED) is 0.181. The van der Waals surface area contributed by atoms with Gasteiger partial charge in [0.05, 0.1) is 22.1 Å². The molecule has 0 saturated carbocycles. The van der Waals surface area contributed by atoms with Gasteiger partial charge in [0.1, 0.15) is 5.75 Å². The van der Waals surface area contributed by atoms with Gasteiger partial charge >= 0.3 is 0 Å². The molecule has 2 unspecified atom stereocenters. The molecule has 0 spiro atoms. The molecule has 9 aromatic carbocycles. The molecule has 2 atom stereocenters. The van der Waals surface area contributed by atoms with Crippen LogP contribution in [0, 0.1) is 5.92 Å². The van der Waals surface area contributed by atoms with E-state index in [0.29, 0.717) is 23.9 Å². The minimum Gasteiger partial charge on any atom is -0.508 e. The van der Waals surface area contributed by atoms with Crippen LogP contribution < -0.4 is 0 Å². The SMILES string of the molecule is C=C1/C=C\C(C)C(c2c(O)cccc2-c2nc(-c3ccccc3)nc(-c3cccc4c5ccccc5n(-c5ccccc5)c34)n2)CC=C1n1c2cc3ccccc3cc2c2c3ccccc3ccc21. The number of phenols is 1. The smallest absolute Gasteiger partial charge is 0.166 e.